The Morgan fingerprint density at radius 2 is 1.75 bits per heavy atom. The first-order valence-corrected chi connectivity index (χ1v) is 6.68. The molecule has 0 saturated carbocycles. The van der Waals surface area contributed by atoms with E-state index in [1.54, 1.807) is 24.3 Å². The topological polar surface area (TPSA) is 82.0 Å². The summed E-state index contributed by atoms with van der Waals surface area (Å²) in [5, 5.41) is 14.1. The molecule has 0 spiro atoms. The average Bonchev–Trinajstić information content (AvgIpc) is 2.46. The number of nitriles is 1. The van der Waals surface area contributed by atoms with Crippen molar-refractivity contribution >= 4 is 11.8 Å². The molecule has 1 rings (SSSR count). The Hall–Kier alpha value is -2.35. The summed E-state index contributed by atoms with van der Waals surface area (Å²) in [7, 11) is 0. The minimum Gasteiger partial charge on any atom is -0.356 e. The number of benzene rings is 1. The van der Waals surface area contributed by atoms with E-state index >= 15 is 0 Å². The molecule has 0 saturated heterocycles. The number of hydrogen-bond donors (Lipinski definition) is 2. The SMILES string of the molecule is CCCNC(=O)CCNC(=O)Cc1ccc(C#N)cc1. The van der Waals surface area contributed by atoms with Crippen LogP contribution in [-0.2, 0) is 16.0 Å². The monoisotopic (exact) mass is 273 g/mol. The first kappa shape index (κ1) is 15.7. The quantitative estimate of drug-likeness (QED) is 0.781. The van der Waals surface area contributed by atoms with Crippen molar-refractivity contribution in [2.24, 2.45) is 0 Å². The van der Waals surface area contributed by atoms with Gasteiger partial charge in [-0.1, -0.05) is 19.1 Å². The van der Waals surface area contributed by atoms with Crippen LogP contribution in [0.1, 0.15) is 30.9 Å². The normalized spacial score (nSPS) is 9.60. The summed E-state index contributed by atoms with van der Waals surface area (Å²) in [6.45, 7) is 2.99. The molecular formula is C15H19N3O2. The number of nitrogens with zero attached hydrogens (tertiary/aromatic N) is 1. The van der Waals surface area contributed by atoms with Gasteiger partial charge in [0.05, 0.1) is 18.1 Å². The Bertz CT molecular complexity index is 489. The van der Waals surface area contributed by atoms with Gasteiger partial charge in [-0.3, -0.25) is 9.59 Å². The highest BCUT2D eigenvalue weighted by atomic mass is 16.2. The third-order valence-electron chi connectivity index (χ3n) is 2.69. The molecule has 106 valence electrons. The van der Waals surface area contributed by atoms with E-state index in [1.807, 2.05) is 13.0 Å². The largest absolute Gasteiger partial charge is 0.356 e. The molecule has 0 aliphatic heterocycles. The zero-order valence-corrected chi connectivity index (χ0v) is 11.6. The van der Waals surface area contributed by atoms with Crippen LogP contribution >= 0.6 is 0 Å². The van der Waals surface area contributed by atoms with Crippen molar-refractivity contribution in [2.75, 3.05) is 13.1 Å². The molecule has 0 heterocycles. The van der Waals surface area contributed by atoms with E-state index in [4.69, 9.17) is 5.26 Å². The molecule has 1 aromatic carbocycles. The van der Waals surface area contributed by atoms with E-state index in [0.717, 1.165) is 12.0 Å². The number of nitrogens with one attached hydrogen (secondary N) is 2. The van der Waals surface area contributed by atoms with Crippen LogP contribution in [0.25, 0.3) is 0 Å². The van der Waals surface area contributed by atoms with Gasteiger partial charge in [0.25, 0.3) is 0 Å². The molecule has 0 unspecified atom stereocenters. The predicted octanol–water partition coefficient (Wildman–Crippen LogP) is 1.13. The van der Waals surface area contributed by atoms with Crippen LogP contribution in [0.5, 0.6) is 0 Å². The second kappa shape index (κ2) is 8.70. The summed E-state index contributed by atoms with van der Waals surface area (Å²) in [4.78, 5) is 23.0. The lowest BCUT2D eigenvalue weighted by Crippen LogP contribution is -2.31. The molecule has 20 heavy (non-hydrogen) atoms. The van der Waals surface area contributed by atoms with Crippen molar-refractivity contribution in [1.29, 1.82) is 5.26 Å². The maximum Gasteiger partial charge on any atom is 0.224 e. The van der Waals surface area contributed by atoms with Crippen molar-refractivity contribution < 1.29 is 9.59 Å². The van der Waals surface area contributed by atoms with Crippen LogP contribution in [0.2, 0.25) is 0 Å². The highest BCUT2D eigenvalue weighted by Crippen LogP contribution is 2.03. The van der Waals surface area contributed by atoms with Crippen LogP contribution in [0.4, 0.5) is 0 Å². The zero-order valence-electron chi connectivity index (χ0n) is 11.6. The molecule has 5 nitrogen and oxygen atoms in total. The zero-order chi connectivity index (χ0) is 14.8. The number of rotatable bonds is 7. The van der Waals surface area contributed by atoms with Gasteiger partial charge in [0.2, 0.25) is 11.8 Å². The second-order valence-corrected chi connectivity index (χ2v) is 4.44. The van der Waals surface area contributed by atoms with Gasteiger partial charge < -0.3 is 10.6 Å². The van der Waals surface area contributed by atoms with Gasteiger partial charge in [-0.2, -0.15) is 5.26 Å². The van der Waals surface area contributed by atoms with Gasteiger partial charge in [0, 0.05) is 19.5 Å². The predicted molar refractivity (Wildman–Crippen MR) is 75.8 cm³/mol. The van der Waals surface area contributed by atoms with Crippen LogP contribution in [0.15, 0.2) is 24.3 Å². The lowest BCUT2D eigenvalue weighted by Gasteiger charge is -2.06. The number of hydrogen-bond acceptors (Lipinski definition) is 3. The second-order valence-electron chi connectivity index (χ2n) is 4.44. The Labute approximate surface area is 119 Å². The molecule has 0 radical (unpaired) electrons. The van der Waals surface area contributed by atoms with Gasteiger partial charge in [-0.25, -0.2) is 0 Å². The van der Waals surface area contributed by atoms with E-state index in [2.05, 4.69) is 10.6 Å². The number of amides is 2. The maximum atomic E-state index is 11.7. The molecular weight excluding hydrogens is 254 g/mol. The van der Waals surface area contributed by atoms with Gasteiger partial charge in [0.15, 0.2) is 0 Å². The van der Waals surface area contributed by atoms with E-state index in [9.17, 15) is 9.59 Å². The summed E-state index contributed by atoms with van der Waals surface area (Å²) in [5.74, 6) is -0.177. The van der Waals surface area contributed by atoms with E-state index in [-0.39, 0.29) is 18.2 Å². The van der Waals surface area contributed by atoms with Crippen LogP contribution in [0.3, 0.4) is 0 Å². The molecule has 5 heteroatoms. The molecule has 0 bridgehead atoms. The first-order valence-electron chi connectivity index (χ1n) is 6.68. The van der Waals surface area contributed by atoms with Gasteiger partial charge in [0.1, 0.15) is 0 Å². The first-order chi connectivity index (χ1) is 9.65. The molecule has 2 N–H and O–H groups in total. The van der Waals surface area contributed by atoms with Gasteiger partial charge in [-0.15, -0.1) is 0 Å². The fourth-order valence-electron chi connectivity index (χ4n) is 1.61. The van der Waals surface area contributed by atoms with Crippen molar-refractivity contribution in [1.82, 2.24) is 10.6 Å². The minimum atomic E-state index is -0.127. The molecule has 0 fully saturated rings. The summed E-state index contributed by atoms with van der Waals surface area (Å²) in [5.41, 5.74) is 1.42. The van der Waals surface area contributed by atoms with Crippen LogP contribution in [-0.4, -0.2) is 24.9 Å². The van der Waals surface area contributed by atoms with E-state index in [0.29, 0.717) is 25.1 Å². The fourth-order valence-corrected chi connectivity index (χ4v) is 1.61. The Morgan fingerprint density at radius 3 is 2.35 bits per heavy atom. The highest BCUT2D eigenvalue weighted by molar-refractivity contribution is 5.80. The molecule has 0 aliphatic rings. The molecule has 2 amide bonds. The molecule has 0 aromatic heterocycles. The van der Waals surface area contributed by atoms with Gasteiger partial charge in [-0.05, 0) is 24.1 Å². The van der Waals surface area contributed by atoms with Crippen molar-refractivity contribution in [3.63, 3.8) is 0 Å². The van der Waals surface area contributed by atoms with E-state index in [1.165, 1.54) is 0 Å². The number of carbonyl (C=O) groups is 2. The maximum absolute atomic E-state index is 11.7. The van der Waals surface area contributed by atoms with Crippen molar-refractivity contribution in [3.05, 3.63) is 35.4 Å². The highest BCUT2D eigenvalue weighted by Gasteiger charge is 2.05. The summed E-state index contributed by atoms with van der Waals surface area (Å²) in [6, 6.07) is 8.90. The minimum absolute atomic E-state index is 0.0504. The van der Waals surface area contributed by atoms with E-state index < -0.39 is 0 Å². The lowest BCUT2D eigenvalue weighted by atomic mass is 10.1. The summed E-state index contributed by atoms with van der Waals surface area (Å²) in [6.07, 6.45) is 1.44. The van der Waals surface area contributed by atoms with Gasteiger partial charge >= 0.3 is 0 Å². The molecule has 1 aromatic rings. The van der Waals surface area contributed by atoms with Crippen LogP contribution in [0, 0.1) is 11.3 Å². The standard InChI is InChI=1S/C15H19N3O2/c1-2-8-17-14(19)7-9-18-15(20)10-12-3-5-13(11-16)6-4-12/h3-6H,2,7-10H2,1H3,(H,17,19)(H,18,20). The van der Waals surface area contributed by atoms with Crippen molar-refractivity contribution in [3.8, 4) is 6.07 Å². The Morgan fingerprint density at radius 1 is 1.10 bits per heavy atom. The fraction of sp³-hybridized carbons (Fsp3) is 0.400. The van der Waals surface area contributed by atoms with Crippen molar-refractivity contribution in [2.45, 2.75) is 26.2 Å². The average molecular weight is 273 g/mol. The van der Waals surface area contributed by atoms with Crippen LogP contribution < -0.4 is 10.6 Å². The molecule has 0 aliphatic carbocycles. The Kier molecular flexibility index (Phi) is 6.83. The third-order valence-corrected chi connectivity index (χ3v) is 2.69. The summed E-state index contributed by atoms with van der Waals surface area (Å²) >= 11 is 0. The third kappa shape index (κ3) is 6.01. The smallest absolute Gasteiger partial charge is 0.224 e. The summed E-state index contributed by atoms with van der Waals surface area (Å²) < 4.78 is 0. The molecule has 0 atom stereocenters. The lowest BCUT2D eigenvalue weighted by molar-refractivity contribution is -0.122. The Balaban J connectivity index is 2.26. The number of carbonyl (C=O) groups excluding carboxylic acids is 2.